The third-order valence-corrected chi connectivity index (χ3v) is 4.20. The van der Waals surface area contributed by atoms with Gasteiger partial charge in [0.2, 0.25) is 11.5 Å². The van der Waals surface area contributed by atoms with E-state index < -0.39 is 0 Å². The molecule has 0 radical (unpaired) electrons. The van der Waals surface area contributed by atoms with Crippen LogP contribution < -0.4 is 24.7 Å². The summed E-state index contributed by atoms with van der Waals surface area (Å²) in [6.45, 7) is 0. The number of ketones is 1. The number of methoxy groups -OCH3 is 4. The standard InChI is InChI=1S/C19H20N2O5/c1-23-11-5-6-13-12(9-11)16(20)17(21-13)18(22)10-7-14(24-2)19(26-4)15(8-10)25-3/h5-9,21H,20H2,1-4H3. The highest BCUT2D eigenvalue weighted by Crippen LogP contribution is 2.39. The molecule has 0 atom stereocenters. The molecule has 0 aliphatic heterocycles. The van der Waals surface area contributed by atoms with Gasteiger partial charge in [-0.1, -0.05) is 0 Å². The van der Waals surface area contributed by atoms with Crippen molar-refractivity contribution in [2.24, 2.45) is 0 Å². The summed E-state index contributed by atoms with van der Waals surface area (Å²) in [5.74, 6) is 1.59. The molecule has 0 saturated heterocycles. The first-order valence-corrected chi connectivity index (χ1v) is 7.84. The van der Waals surface area contributed by atoms with Crippen molar-refractivity contribution in [3.63, 3.8) is 0 Å². The molecule has 0 aliphatic rings. The minimum Gasteiger partial charge on any atom is -0.497 e. The number of nitrogens with two attached hydrogens (primary N) is 1. The zero-order valence-electron chi connectivity index (χ0n) is 15.0. The summed E-state index contributed by atoms with van der Waals surface area (Å²) in [7, 11) is 6.07. The van der Waals surface area contributed by atoms with Crippen LogP contribution in [0.4, 0.5) is 5.69 Å². The van der Waals surface area contributed by atoms with E-state index in [4.69, 9.17) is 24.7 Å². The molecule has 2 aromatic carbocycles. The number of hydrogen-bond acceptors (Lipinski definition) is 6. The number of hydrogen-bond donors (Lipinski definition) is 2. The van der Waals surface area contributed by atoms with Crippen molar-refractivity contribution in [1.29, 1.82) is 0 Å². The van der Waals surface area contributed by atoms with E-state index in [-0.39, 0.29) is 5.78 Å². The van der Waals surface area contributed by atoms with Crippen LogP contribution in [0.3, 0.4) is 0 Å². The van der Waals surface area contributed by atoms with Gasteiger partial charge in [0, 0.05) is 16.5 Å². The Balaban J connectivity index is 2.12. The van der Waals surface area contributed by atoms with Gasteiger partial charge in [0.1, 0.15) is 11.4 Å². The number of ether oxygens (including phenoxy) is 4. The van der Waals surface area contributed by atoms with Crippen molar-refractivity contribution in [2.75, 3.05) is 34.2 Å². The van der Waals surface area contributed by atoms with Crippen molar-refractivity contribution >= 4 is 22.4 Å². The van der Waals surface area contributed by atoms with E-state index in [9.17, 15) is 4.79 Å². The molecule has 1 aromatic heterocycles. The molecule has 0 unspecified atom stereocenters. The molecular weight excluding hydrogens is 336 g/mol. The molecule has 3 N–H and O–H groups in total. The van der Waals surface area contributed by atoms with E-state index in [1.807, 2.05) is 6.07 Å². The third-order valence-electron chi connectivity index (χ3n) is 4.20. The van der Waals surface area contributed by atoms with E-state index >= 15 is 0 Å². The molecule has 0 amide bonds. The molecule has 0 saturated carbocycles. The lowest BCUT2D eigenvalue weighted by Gasteiger charge is -2.13. The first-order valence-electron chi connectivity index (χ1n) is 7.84. The molecule has 0 spiro atoms. The fourth-order valence-electron chi connectivity index (χ4n) is 2.85. The zero-order chi connectivity index (χ0) is 18.8. The van der Waals surface area contributed by atoms with Crippen LogP contribution in [0, 0.1) is 0 Å². The monoisotopic (exact) mass is 356 g/mol. The van der Waals surface area contributed by atoms with Gasteiger partial charge in [-0.25, -0.2) is 0 Å². The van der Waals surface area contributed by atoms with E-state index in [1.54, 1.807) is 31.4 Å². The Kier molecular flexibility index (Phi) is 4.62. The van der Waals surface area contributed by atoms with Gasteiger partial charge in [0.05, 0.1) is 34.1 Å². The van der Waals surface area contributed by atoms with Crippen LogP contribution in [0.15, 0.2) is 30.3 Å². The Hall–Kier alpha value is -3.35. The lowest BCUT2D eigenvalue weighted by Crippen LogP contribution is -2.06. The predicted molar refractivity (Wildman–Crippen MR) is 98.8 cm³/mol. The summed E-state index contributed by atoms with van der Waals surface area (Å²) < 4.78 is 21.1. The maximum atomic E-state index is 13.0. The van der Waals surface area contributed by atoms with Gasteiger partial charge in [-0.15, -0.1) is 0 Å². The van der Waals surface area contributed by atoms with Crippen molar-refractivity contribution in [3.05, 3.63) is 41.6 Å². The van der Waals surface area contributed by atoms with Gasteiger partial charge < -0.3 is 29.7 Å². The number of benzene rings is 2. The molecule has 0 bridgehead atoms. The average Bonchev–Trinajstić information content (AvgIpc) is 3.01. The van der Waals surface area contributed by atoms with Crippen molar-refractivity contribution in [3.8, 4) is 23.0 Å². The van der Waals surface area contributed by atoms with Crippen molar-refractivity contribution in [2.45, 2.75) is 0 Å². The Morgan fingerprint density at radius 3 is 2.12 bits per heavy atom. The molecule has 7 heteroatoms. The summed E-state index contributed by atoms with van der Waals surface area (Å²) in [5.41, 5.74) is 7.97. The number of rotatable bonds is 6. The molecule has 1 heterocycles. The summed E-state index contributed by atoms with van der Waals surface area (Å²) >= 11 is 0. The summed E-state index contributed by atoms with van der Waals surface area (Å²) in [4.78, 5) is 16.1. The highest BCUT2D eigenvalue weighted by Gasteiger charge is 2.22. The first kappa shape index (κ1) is 17.5. The molecule has 0 aliphatic carbocycles. The largest absolute Gasteiger partial charge is 0.497 e. The summed E-state index contributed by atoms with van der Waals surface area (Å²) in [6.07, 6.45) is 0. The lowest BCUT2D eigenvalue weighted by molar-refractivity contribution is 0.103. The molecule has 26 heavy (non-hydrogen) atoms. The van der Waals surface area contributed by atoms with Gasteiger partial charge in [-0.2, -0.15) is 0 Å². The summed E-state index contributed by atoms with van der Waals surface area (Å²) in [6, 6.07) is 8.58. The maximum absolute atomic E-state index is 13.0. The second-order valence-electron chi connectivity index (χ2n) is 5.57. The summed E-state index contributed by atoms with van der Waals surface area (Å²) in [5, 5.41) is 0.722. The Labute approximate surface area is 150 Å². The van der Waals surface area contributed by atoms with E-state index in [2.05, 4.69) is 4.98 Å². The minimum atomic E-state index is -0.281. The van der Waals surface area contributed by atoms with Crippen molar-refractivity contribution in [1.82, 2.24) is 4.98 Å². The molecule has 7 nitrogen and oxygen atoms in total. The highest BCUT2D eigenvalue weighted by molar-refractivity contribution is 6.16. The molecule has 3 aromatic rings. The van der Waals surface area contributed by atoms with Crippen LogP contribution in [0.25, 0.3) is 10.9 Å². The van der Waals surface area contributed by atoms with Gasteiger partial charge in [-0.05, 0) is 30.3 Å². The zero-order valence-corrected chi connectivity index (χ0v) is 15.0. The van der Waals surface area contributed by atoms with Crippen LogP contribution >= 0.6 is 0 Å². The molecule has 3 rings (SSSR count). The lowest BCUT2D eigenvalue weighted by atomic mass is 10.1. The van der Waals surface area contributed by atoms with E-state index in [0.717, 1.165) is 10.9 Å². The highest BCUT2D eigenvalue weighted by atomic mass is 16.5. The number of H-pyrrole nitrogens is 1. The van der Waals surface area contributed by atoms with Crippen LogP contribution in [0.2, 0.25) is 0 Å². The molecular formula is C19H20N2O5. The van der Waals surface area contributed by atoms with Crippen LogP contribution in [-0.2, 0) is 0 Å². The van der Waals surface area contributed by atoms with Gasteiger partial charge in [0.15, 0.2) is 11.5 Å². The Morgan fingerprint density at radius 2 is 1.58 bits per heavy atom. The number of nitrogens with one attached hydrogen (secondary N) is 1. The van der Waals surface area contributed by atoms with Crippen LogP contribution in [0.1, 0.15) is 16.1 Å². The predicted octanol–water partition coefficient (Wildman–Crippen LogP) is 3.02. The Bertz CT molecular complexity index is 952. The number of aromatic amines is 1. The normalized spacial score (nSPS) is 10.6. The average molecular weight is 356 g/mol. The number of carbonyl (C=O) groups excluding carboxylic acids is 1. The number of carbonyl (C=O) groups is 1. The minimum absolute atomic E-state index is 0.281. The smallest absolute Gasteiger partial charge is 0.211 e. The van der Waals surface area contributed by atoms with E-state index in [0.29, 0.717) is 39.9 Å². The topological polar surface area (TPSA) is 95.8 Å². The van der Waals surface area contributed by atoms with Crippen LogP contribution in [0.5, 0.6) is 23.0 Å². The Morgan fingerprint density at radius 1 is 0.923 bits per heavy atom. The van der Waals surface area contributed by atoms with Crippen LogP contribution in [-0.4, -0.2) is 39.2 Å². The number of fused-ring (bicyclic) bond motifs is 1. The van der Waals surface area contributed by atoms with Gasteiger partial charge in [0.25, 0.3) is 0 Å². The fourth-order valence-corrected chi connectivity index (χ4v) is 2.85. The number of anilines is 1. The third kappa shape index (κ3) is 2.77. The maximum Gasteiger partial charge on any atom is 0.211 e. The number of nitrogen functional groups attached to an aromatic ring is 1. The number of aromatic nitrogens is 1. The van der Waals surface area contributed by atoms with Crippen molar-refractivity contribution < 1.29 is 23.7 Å². The second kappa shape index (κ2) is 6.87. The van der Waals surface area contributed by atoms with Gasteiger partial charge >= 0.3 is 0 Å². The first-order chi connectivity index (χ1) is 12.5. The quantitative estimate of drug-likeness (QED) is 0.659. The second-order valence-corrected chi connectivity index (χ2v) is 5.57. The molecule has 0 fully saturated rings. The molecule has 136 valence electrons. The SMILES string of the molecule is COc1ccc2[nH]c(C(=O)c3cc(OC)c(OC)c(OC)c3)c(N)c2c1. The fraction of sp³-hybridized carbons (Fsp3) is 0.211. The van der Waals surface area contributed by atoms with Gasteiger partial charge in [-0.3, -0.25) is 4.79 Å². The van der Waals surface area contributed by atoms with E-state index in [1.165, 1.54) is 21.3 Å².